The van der Waals surface area contributed by atoms with Crippen LogP contribution >= 0.6 is 0 Å². The largest absolute Gasteiger partial charge is 0.438 e. The van der Waals surface area contributed by atoms with Crippen LogP contribution in [0.25, 0.3) is 0 Å². The second-order valence-electron chi connectivity index (χ2n) is 8.20. The number of amides is 3. The highest BCUT2D eigenvalue weighted by Gasteiger charge is 2.46. The van der Waals surface area contributed by atoms with Gasteiger partial charge in [0, 0.05) is 18.8 Å². The molecule has 8 nitrogen and oxygen atoms in total. The third-order valence-corrected chi connectivity index (χ3v) is 5.56. The number of aromatic nitrogens is 1. The average Bonchev–Trinajstić information content (AvgIpc) is 3.15. The minimum Gasteiger partial charge on any atom is -0.438 e. The zero-order chi connectivity index (χ0) is 24.1. The highest BCUT2D eigenvalue weighted by molar-refractivity contribution is 5.90. The number of rotatable bonds is 7. The maximum atomic E-state index is 13.3. The van der Waals surface area contributed by atoms with Gasteiger partial charge in [-0.2, -0.15) is 0 Å². The molecule has 0 radical (unpaired) electrons. The van der Waals surface area contributed by atoms with Gasteiger partial charge >= 0.3 is 6.09 Å². The number of anilines is 1. The van der Waals surface area contributed by atoms with Crippen LogP contribution in [0, 0.1) is 6.92 Å². The molecule has 3 aromatic rings. The summed E-state index contributed by atoms with van der Waals surface area (Å²) >= 11 is 0. The molecule has 0 aliphatic carbocycles. The van der Waals surface area contributed by atoms with Gasteiger partial charge in [0.2, 0.25) is 11.8 Å². The second-order valence-corrected chi connectivity index (χ2v) is 8.20. The van der Waals surface area contributed by atoms with Crippen molar-refractivity contribution in [3.63, 3.8) is 0 Å². The minimum atomic E-state index is -0.871. The molecular weight excluding hydrogens is 432 g/mol. The van der Waals surface area contributed by atoms with Gasteiger partial charge in [-0.15, -0.1) is 0 Å². The Morgan fingerprint density at radius 2 is 1.76 bits per heavy atom. The summed E-state index contributed by atoms with van der Waals surface area (Å²) in [5, 5.41) is 5.60. The summed E-state index contributed by atoms with van der Waals surface area (Å²) in [6.07, 6.45) is 0.301. The van der Waals surface area contributed by atoms with Gasteiger partial charge in [0.05, 0.1) is 18.8 Å². The van der Waals surface area contributed by atoms with Gasteiger partial charge in [-0.3, -0.25) is 19.5 Å². The molecular formula is C26H26N4O4. The molecule has 1 aliphatic heterocycles. The molecule has 0 saturated carbocycles. The first-order valence-electron chi connectivity index (χ1n) is 11.0. The lowest BCUT2D eigenvalue weighted by molar-refractivity contribution is -0.126. The molecule has 2 atom stereocenters. The molecule has 1 fully saturated rings. The van der Waals surface area contributed by atoms with Crippen LogP contribution in [0.2, 0.25) is 0 Å². The zero-order valence-electron chi connectivity index (χ0n) is 19.0. The summed E-state index contributed by atoms with van der Waals surface area (Å²) in [4.78, 5) is 43.2. The lowest BCUT2D eigenvalue weighted by Gasteiger charge is -2.24. The molecule has 2 N–H and O–H groups in total. The summed E-state index contributed by atoms with van der Waals surface area (Å²) in [5.41, 5.74) is 3.99. The van der Waals surface area contributed by atoms with Crippen LogP contribution in [0.5, 0.6) is 0 Å². The number of cyclic esters (lactones) is 1. The first kappa shape index (κ1) is 23.0. The van der Waals surface area contributed by atoms with Gasteiger partial charge in [-0.25, -0.2) is 4.79 Å². The van der Waals surface area contributed by atoms with Gasteiger partial charge in [-0.1, -0.05) is 48.0 Å². The fourth-order valence-corrected chi connectivity index (χ4v) is 3.84. The lowest BCUT2D eigenvalue weighted by Crippen LogP contribution is -2.46. The van der Waals surface area contributed by atoms with Crippen LogP contribution in [-0.2, 0) is 27.4 Å². The quantitative estimate of drug-likeness (QED) is 0.562. The number of nitrogens with one attached hydrogen (secondary N) is 2. The Kier molecular flexibility index (Phi) is 6.87. The minimum absolute atomic E-state index is 0.184. The molecule has 8 heteroatoms. The van der Waals surface area contributed by atoms with E-state index in [1.165, 1.54) is 11.8 Å². The van der Waals surface area contributed by atoms with E-state index < -0.39 is 18.2 Å². The summed E-state index contributed by atoms with van der Waals surface area (Å²) in [5.74, 6) is -0.518. The number of carbonyl (C=O) groups excluding carboxylic acids is 3. The van der Waals surface area contributed by atoms with E-state index in [0.29, 0.717) is 16.9 Å². The summed E-state index contributed by atoms with van der Waals surface area (Å²) in [6.45, 7) is 3.89. The van der Waals surface area contributed by atoms with E-state index in [9.17, 15) is 14.4 Å². The predicted molar refractivity (Wildman–Crippen MR) is 127 cm³/mol. The lowest BCUT2D eigenvalue weighted by atomic mass is 10.00. The van der Waals surface area contributed by atoms with E-state index in [0.717, 1.165) is 11.1 Å². The van der Waals surface area contributed by atoms with E-state index in [2.05, 4.69) is 15.6 Å². The smallest absolute Gasteiger partial charge is 0.411 e. The number of hydrogen-bond donors (Lipinski definition) is 2. The molecule has 0 spiro atoms. The van der Waals surface area contributed by atoms with E-state index in [-0.39, 0.29) is 24.9 Å². The monoisotopic (exact) mass is 458 g/mol. The molecule has 1 aromatic heterocycles. The Hall–Kier alpha value is -4.20. The third-order valence-electron chi connectivity index (χ3n) is 5.56. The average molecular weight is 459 g/mol. The summed E-state index contributed by atoms with van der Waals surface area (Å²) in [6, 6.07) is 19.3. The second kappa shape index (κ2) is 10.2. The first-order valence-corrected chi connectivity index (χ1v) is 11.0. The van der Waals surface area contributed by atoms with Crippen molar-refractivity contribution < 1.29 is 19.1 Å². The number of ether oxygens (including phenoxy) is 1. The topological polar surface area (TPSA) is 101 Å². The first-order chi connectivity index (χ1) is 16.4. The van der Waals surface area contributed by atoms with Crippen molar-refractivity contribution in [1.29, 1.82) is 0 Å². The van der Waals surface area contributed by atoms with E-state index in [1.807, 2.05) is 43.3 Å². The predicted octanol–water partition coefficient (Wildman–Crippen LogP) is 3.73. The fraction of sp³-hybridized carbons (Fsp3) is 0.231. The van der Waals surface area contributed by atoms with Crippen molar-refractivity contribution in [2.45, 2.75) is 39.1 Å². The van der Waals surface area contributed by atoms with Crippen molar-refractivity contribution >= 4 is 23.6 Å². The number of benzene rings is 2. The van der Waals surface area contributed by atoms with Gasteiger partial charge in [0.25, 0.3) is 0 Å². The Bertz CT molecular complexity index is 1160. The molecule has 4 rings (SSSR count). The number of aryl methyl sites for hydroxylation is 1. The van der Waals surface area contributed by atoms with Crippen molar-refractivity contribution in [1.82, 2.24) is 15.2 Å². The maximum Gasteiger partial charge on any atom is 0.411 e. The Morgan fingerprint density at radius 3 is 2.41 bits per heavy atom. The number of carbonyl (C=O) groups is 3. The molecule has 174 valence electrons. The number of hydrogen-bond acceptors (Lipinski definition) is 5. The van der Waals surface area contributed by atoms with E-state index in [4.69, 9.17) is 4.74 Å². The van der Waals surface area contributed by atoms with Crippen LogP contribution in [0.4, 0.5) is 10.5 Å². The Morgan fingerprint density at radius 1 is 1.03 bits per heavy atom. The van der Waals surface area contributed by atoms with Gasteiger partial charge in [0.1, 0.15) is 0 Å². The molecule has 2 heterocycles. The molecule has 1 aliphatic rings. The number of nitrogens with zero attached hydrogens (tertiary/aromatic N) is 2. The standard InChI is InChI=1S/C26H26N4O4/c1-17-6-8-19(9-7-17)16-30-23(25(32)28-15-22-5-3-4-14-27-22)24(34-26(30)33)20-10-12-21(13-11-20)29-18(2)31/h3-14,23-24H,15-16H2,1-2H3,(H,28,32)(H,29,31)/t23-,24+/m0/s1. The molecule has 2 aromatic carbocycles. The van der Waals surface area contributed by atoms with Crippen LogP contribution in [0.3, 0.4) is 0 Å². The van der Waals surface area contributed by atoms with Crippen LogP contribution < -0.4 is 10.6 Å². The molecule has 1 saturated heterocycles. The zero-order valence-corrected chi connectivity index (χ0v) is 19.0. The Balaban J connectivity index is 1.59. The fourth-order valence-electron chi connectivity index (χ4n) is 3.84. The van der Waals surface area contributed by atoms with Gasteiger partial charge in [-0.05, 0) is 42.3 Å². The molecule has 34 heavy (non-hydrogen) atoms. The van der Waals surface area contributed by atoms with E-state index >= 15 is 0 Å². The van der Waals surface area contributed by atoms with Gasteiger partial charge < -0.3 is 15.4 Å². The normalized spacial score (nSPS) is 17.2. The highest BCUT2D eigenvalue weighted by Crippen LogP contribution is 2.34. The molecule has 0 bridgehead atoms. The maximum absolute atomic E-state index is 13.3. The number of pyridine rings is 1. The van der Waals surface area contributed by atoms with E-state index in [1.54, 1.807) is 36.5 Å². The summed E-state index contributed by atoms with van der Waals surface area (Å²) in [7, 11) is 0. The van der Waals surface area contributed by atoms with Gasteiger partial charge in [0.15, 0.2) is 12.1 Å². The van der Waals surface area contributed by atoms with Crippen LogP contribution in [0.15, 0.2) is 72.9 Å². The van der Waals surface area contributed by atoms with Crippen molar-refractivity contribution in [3.05, 3.63) is 95.3 Å². The van der Waals surface area contributed by atoms with Crippen molar-refractivity contribution in [2.24, 2.45) is 0 Å². The Labute approximate surface area is 198 Å². The van der Waals surface area contributed by atoms with Crippen LogP contribution in [-0.4, -0.2) is 33.8 Å². The third kappa shape index (κ3) is 5.40. The molecule has 3 amide bonds. The SMILES string of the molecule is CC(=O)Nc1ccc([C@H]2OC(=O)N(Cc3ccc(C)cc3)[C@@H]2C(=O)NCc2ccccn2)cc1. The molecule has 0 unspecified atom stereocenters. The van der Waals surface area contributed by atoms with Crippen molar-refractivity contribution in [3.8, 4) is 0 Å². The highest BCUT2D eigenvalue weighted by atomic mass is 16.6. The van der Waals surface area contributed by atoms with Crippen LogP contribution in [0.1, 0.15) is 35.4 Å². The van der Waals surface area contributed by atoms with Crippen molar-refractivity contribution in [2.75, 3.05) is 5.32 Å². The summed E-state index contributed by atoms with van der Waals surface area (Å²) < 4.78 is 5.69.